The Bertz CT molecular complexity index is 1520. The Kier molecular flexibility index (Phi) is 15.6. The van der Waals surface area contributed by atoms with Gasteiger partial charge in [-0.2, -0.15) is 0 Å². The van der Waals surface area contributed by atoms with Gasteiger partial charge in [-0.1, -0.05) is 92.2 Å². The Morgan fingerprint density at radius 2 is 1.40 bits per heavy atom. The summed E-state index contributed by atoms with van der Waals surface area (Å²) in [5, 5.41) is 26.1. The number of aliphatic carboxylic acids is 2. The molecule has 0 bridgehead atoms. The molecule has 13 heteroatoms. The van der Waals surface area contributed by atoms with Gasteiger partial charge in [-0.3, -0.25) is 14.4 Å². The standard InChI is InChI=1S/C23H28N2O5.C11H10ClNO4/c1-16(2)13-19(25-23(29)30-15-18-11-7-4-8-12-18)21(26)24-20(22(27)28)14-17-9-5-3-6-10-17;1-6(15)13-9-4-2-3-8(12)10(9)7(5-14)11(16)17/h3-12,16,19-20H,13-15H2,1-2H3,(H,24,26)(H,25,29)(H,27,28);2-5,7H,1H3,(H,13,15)(H,16,17)/t19-,20-;/m0./s1. The average molecular weight is 668 g/mol. The maximum absolute atomic E-state index is 12.7. The minimum Gasteiger partial charge on any atom is -0.480 e. The minimum atomic E-state index is -1.40. The van der Waals surface area contributed by atoms with Gasteiger partial charge in [0, 0.05) is 29.6 Å². The van der Waals surface area contributed by atoms with Gasteiger partial charge < -0.3 is 35.7 Å². The Labute approximate surface area is 277 Å². The van der Waals surface area contributed by atoms with Gasteiger partial charge in [-0.05, 0) is 35.6 Å². The molecule has 3 atom stereocenters. The number of carboxylic acid groups (broad SMARTS) is 2. The van der Waals surface area contributed by atoms with E-state index in [4.69, 9.17) is 21.4 Å². The van der Waals surface area contributed by atoms with Crippen LogP contribution in [0.5, 0.6) is 0 Å². The van der Waals surface area contributed by atoms with Crippen LogP contribution in [-0.2, 0) is 41.7 Å². The highest BCUT2D eigenvalue weighted by Gasteiger charge is 2.28. The zero-order valence-electron chi connectivity index (χ0n) is 26.1. The van der Waals surface area contributed by atoms with Crippen LogP contribution in [0.4, 0.5) is 10.5 Å². The summed E-state index contributed by atoms with van der Waals surface area (Å²) in [6.07, 6.45) is 0.0442. The summed E-state index contributed by atoms with van der Waals surface area (Å²) in [5.41, 5.74) is 1.93. The van der Waals surface area contributed by atoms with Crippen molar-refractivity contribution in [3.63, 3.8) is 0 Å². The molecular formula is C34H38ClN3O9. The van der Waals surface area contributed by atoms with Crippen LogP contribution in [0.3, 0.4) is 0 Å². The molecule has 0 saturated heterocycles. The van der Waals surface area contributed by atoms with Crippen LogP contribution in [0.15, 0.2) is 78.9 Å². The van der Waals surface area contributed by atoms with Gasteiger partial charge in [0.2, 0.25) is 11.8 Å². The van der Waals surface area contributed by atoms with Crippen LogP contribution < -0.4 is 16.0 Å². The van der Waals surface area contributed by atoms with Gasteiger partial charge in [-0.15, -0.1) is 0 Å². The van der Waals surface area contributed by atoms with E-state index in [9.17, 15) is 33.9 Å². The molecule has 47 heavy (non-hydrogen) atoms. The molecule has 0 saturated carbocycles. The number of rotatable bonds is 14. The number of carbonyl (C=O) groups excluding carboxylic acids is 4. The highest BCUT2D eigenvalue weighted by atomic mass is 35.5. The number of aldehydes is 1. The second kappa shape index (κ2) is 19.3. The van der Waals surface area contributed by atoms with Crippen LogP contribution >= 0.6 is 11.6 Å². The van der Waals surface area contributed by atoms with Crippen molar-refractivity contribution >= 4 is 53.4 Å². The number of nitrogens with one attached hydrogen (secondary N) is 3. The number of halogens is 1. The Morgan fingerprint density at radius 3 is 1.91 bits per heavy atom. The number of ether oxygens (including phenoxy) is 1. The van der Waals surface area contributed by atoms with Crippen molar-refractivity contribution in [1.29, 1.82) is 0 Å². The van der Waals surface area contributed by atoms with Gasteiger partial charge in [0.25, 0.3) is 0 Å². The number of carbonyl (C=O) groups is 6. The van der Waals surface area contributed by atoms with Crippen molar-refractivity contribution in [1.82, 2.24) is 10.6 Å². The number of amides is 3. The zero-order valence-corrected chi connectivity index (χ0v) is 26.9. The van der Waals surface area contributed by atoms with Crippen LogP contribution in [0.25, 0.3) is 0 Å². The summed E-state index contributed by atoms with van der Waals surface area (Å²) in [6.45, 7) is 5.18. The summed E-state index contributed by atoms with van der Waals surface area (Å²) in [5.74, 6) is -4.67. The van der Waals surface area contributed by atoms with Crippen molar-refractivity contribution in [3.8, 4) is 0 Å². The van der Waals surface area contributed by atoms with Crippen molar-refractivity contribution in [2.75, 3.05) is 5.32 Å². The number of carboxylic acids is 2. The monoisotopic (exact) mass is 667 g/mol. The van der Waals surface area contributed by atoms with E-state index >= 15 is 0 Å². The highest BCUT2D eigenvalue weighted by Crippen LogP contribution is 2.31. The van der Waals surface area contributed by atoms with Gasteiger partial charge in [0.1, 0.15) is 30.9 Å². The molecule has 0 aromatic heterocycles. The quantitative estimate of drug-likeness (QED) is 0.119. The Morgan fingerprint density at radius 1 is 0.809 bits per heavy atom. The van der Waals surface area contributed by atoms with Gasteiger partial charge in [-0.25, -0.2) is 9.59 Å². The normalized spacial score (nSPS) is 12.3. The molecule has 1 unspecified atom stereocenters. The number of alkyl carbamates (subject to hydrolysis) is 1. The zero-order chi connectivity index (χ0) is 34.9. The van der Waals surface area contributed by atoms with Crippen molar-refractivity contribution in [3.05, 3.63) is 101 Å². The number of anilines is 1. The van der Waals surface area contributed by atoms with Gasteiger partial charge in [0.15, 0.2) is 0 Å². The van der Waals surface area contributed by atoms with E-state index in [2.05, 4.69) is 16.0 Å². The van der Waals surface area contributed by atoms with E-state index in [1.165, 1.54) is 19.1 Å². The fourth-order valence-corrected chi connectivity index (χ4v) is 4.63. The predicted molar refractivity (Wildman–Crippen MR) is 175 cm³/mol. The molecule has 0 spiro atoms. The molecule has 5 N–H and O–H groups in total. The summed E-state index contributed by atoms with van der Waals surface area (Å²) < 4.78 is 5.19. The summed E-state index contributed by atoms with van der Waals surface area (Å²) in [6, 6.07) is 20.7. The molecule has 250 valence electrons. The van der Waals surface area contributed by atoms with Crippen molar-refractivity contribution in [2.45, 2.75) is 58.2 Å². The van der Waals surface area contributed by atoms with Crippen molar-refractivity contribution < 1.29 is 43.7 Å². The Balaban J connectivity index is 0.000000382. The lowest BCUT2D eigenvalue weighted by molar-refractivity contribution is -0.142. The van der Waals surface area contributed by atoms with E-state index in [0.29, 0.717) is 6.42 Å². The summed E-state index contributed by atoms with van der Waals surface area (Å²) in [7, 11) is 0. The van der Waals surface area contributed by atoms with E-state index in [0.717, 1.165) is 11.1 Å². The van der Waals surface area contributed by atoms with E-state index in [1.54, 1.807) is 18.2 Å². The first-order valence-corrected chi connectivity index (χ1v) is 15.0. The molecule has 0 fully saturated rings. The van der Waals surface area contributed by atoms with Crippen LogP contribution in [0.2, 0.25) is 5.02 Å². The highest BCUT2D eigenvalue weighted by molar-refractivity contribution is 6.32. The van der Waals surface area contributed by atoms with Gasteiger partial charge >= 0.3 is 18.0 Å². The van der Waals surface area contributed by atoms with Crippen molar-refractivity contribution in [2.24, 2.45) is 5.92 Å². The second-order valence-corrected chi connectivity index (χ2v) is 11.2. The molecule has 0 radical (unpaired) electrons. The SMILES string of the molecule is CC(=O)Nc1cccc(Cl)c1C(C=O)C(=O)O.CC(C)C[C@H](NC(=O)OCc1ccccc1)C(=O)N[C@@H](Cc1ccccc1)C(=O)O. The Hall–Kier alpha value is -5.23. The predicted octanol–water partition coefficient (Wildman–Crippen LogP) is 4.81. The topological polar surface area (TPSA) is 188 Å². The lowest BCUT2D eigenvalue weighted by Gasteiger charge is -2.22. The van der Waals surface area contributed by atoms with Crippen LogP contribution in [0, 0.1) is 5.92 Å². The lowest BCUT2D eigenvalue weighted by atomic mass is 9.98. The van der Waals surface area contributed by atoms with Crippen LogP contribution in [-0.4, -0.2) is 58.4 Å². The number of hydrogen-bond donors (Lipinski definition) is 5. The molecule has 3 rings (SSSR count). The van der Waals surface area contributed by atoms with E-state index in [1.807, 2.05) is 62.4 Å². The lowest BCUT2D eigenvalue weighted by Crippen LogP contribution is -2.52. The molecule has 0 heterocycles. The summed E-state index contributed by atoms with van der Waals surface area (Å²) >= 11 is 5.86. The molecule has 0 aliphatic rings. The summed E-state index contributed by atoms with van der Waals surface area (Å²) in [4.78, 5) is 69.3. The molecule has 3 amide bonds. The number of hydrogen-bond acceptors (Lipinski definition) is 7. The molecule has 0 aliphatic heterocycles. The first-order chi connectivity index (χ1) is 22.3. The first kappa shape index (κ1) is 38.0. The third-order valence-electron chi connectivity index (χ3n) is 6.50. The van der Waals surface area contributed by atoms with E-state index < -0.39 is 41.9 Å². The van der Waals surface area contributed by atoms with Gasteiger partial charge in [0.05, 0.1) is 0 Å². The van der Waals surface area contributed by atoms with E-state index in [-0.39, 0.29) is 47.4 Å². The maximum Gasteiger partial charge on any atom is 0.408 e. The molecule has 3 aromatic rings. The minimum absolute atomic E-state index is 0.0778. The smallest absolute Gasteiger partial charge is 0.408 e. The third kappa shape index (κ3) is 13.3. The number of benzene rings is 3. The fourth-order valence-electron chi connectivity index (χ4n) is 4.33. The second-order valence-electron chi connectivity index (χ2n) is 10.8. The molecule has 3 aromatic carbocycles. The molecule has 0 aliphatic carbocycles. The largest absolute Gasteiger partial charge is 0.480 e. The molecule has 12 nitrogen and oxygen atoms in total. The third-order valence-corrected chi connectivity index (χ3v) is 6.83. The fraction of sp³-hybridized carbons (Fsp3) is 0.294. The average Bonchev–Trinajstić information content (AvgIpc) is 3.01. The molecular weight excluding hydrogens is 630 g/mol. The van der Waals surface area contributed by atoms with Crippen LogP contribution in [0.1, 0.15) is 49.8 Å². The maximum atomic E-state index is 12.7. The first-order valence-electron chi connectivity index (χ1n) is 14.6.